The van der Waals surface area contributed by atoms with E-state index in [0.29, 0.717) is 6.04 Å². The number of amides is 2. The van der Waals surface area contributed by atoms with E-state index in [-0.39, 0.29) is 24.3 Å². The third-order valence-corrected chi connectivity index (χ3v) is 4.27. The van der Waals surface area contributed by atoms with E-state index >= 15 is 0 Å². The molecule has 2 aliphatic rings. The van der Waals surface area contributed by atoms with Crippen molar-refractivity contribution in [2.75, 3.05) is 5.32 Å². The number of hydrogen-bond acceptors (Lipinski definition) is 3. The van der Waals surface area contributed by atoms with Gasteiger partial charge in [0.2, 0.25) is 11.8 Å². The van der Waals surface area contributed by atoms with Crippen molar-refractivity contribution in [1.82, 2.24) is 10.6 Å². The fourth-order valence-electron chi connectivity index (χ4n) is 3.19. The van der Waals surface area contributed by atoms with Crippen molar-refractivity contribution in [3.05, 3.63) is 30.3 Å². The highest BCUT2D eigenvalue weighted by Crippen LogP contribution is 2.22. The molecule has 1 saturated heterocycles. The number of rotatable bonds is 3. The average molecular weight is 287 g/mol. The molecule has 112 valence electrons. The molecular weight excluding hydrogens is 266 g/mol. The van der Waals surface area contributed by atoms with Crippen LogP contribution in [0, 0.1) is 0 Å². The molecule has 0 bridgehead atoms. The van der Waals surface area contributed by atoms with Crippen molar-refractivity contribution in [3.63, 3.8) is 0 Å². The molecule has 0 spiro atoms. The maximum atomic E-state index is 12.1. The predicted molar refractivity (Wildman–Crippen MR) is 80.8 cm³/mol. The number of anilines is 1. The Morgan fingerprint density at radius 2 is 1.86 bits per heavy atom. The van der Waals surface area contributed by atoms with E-state index in [2.05, 4.69) is 16.0 Å². The molecule has 2 fully saturated rings. The number of carbonyl (C=O) groups is 2. The van der Waals surface area contributed by atoms with Gasteiger partial charge in [-0.05, 0) is 25.0 Å². The Kier molecular flexibility index (Phi) is 4.20. The van der Waals surface area contributed by atoms with E-state index in [0.717, 1.165) is 18.5 Å². The van der Waals surface area contributed by atoms with E-state index in [1.165, 1.54) is 12.8 Å². The average Bonchev–Trinajstić information content (AvgIpc) is 2.49. The second-order valence-corrected chi connectivity index (χ2v) is 5.84. The van der Waals surface area contributed by atoms with Crippen LogP contribution in [0.25, 0.3) is 0 Å². The number of para-hydroxylation sites is 1. The number of nitrogens with one attached hydrogen (secondary N) is 3. The van der Waals surface area contributed by atoms with Crippen LogP contribution < -0.4 is 16.0 Å². The van der Waals surface area contributed by atoms with Crippen molar-refractivity contribution in [1.29, 1.82) is 0 Å². The first-order chi connectivity index (χ1) is 10.2. The first kappa shape index (κ1) is 14.1. The van der Waals surface area contributed by atoms with E-state index in [1.807, 2.05) is 30.3 Å². The zero-order valence-corrected chi connectivity index (χ0v) is 12.0. The van der Waals surface area contributed by atoms with Crippen LogP contribution >= 0.6 is 0 Å². The Morgan fingerprint density at radius 3 is 2.62 bits per heavy atom. The van der Waals surface area contributed by atoms with Gasteiger partial charge in [-0.2, -0.15) is 0 Å². The maximum Gasteiger partial charge on any atom is 0.237 e. The van der Waals surface area contributed by atoms with Crippen molar-refractivity contribution in [2.45, 2.75) is 50.2 Å². The number of carbonyl (C=O) groups excluding carboxylic acids is 2. The van der Waals surface area contributed by atoms with Gasteiger partial charge in [0.25, 0.3) is 0 Å². The van der Waals surface area contributed by atoms with Crippen LogP contribution in [0.1, 0.15) is 32.1 Å². The largest absolute Gasteiger partial charge is 0.350 e. The molecule has 3 rings (SSSR count). The first-order valence-electron chi connectivity index (χ1n) is 7.64. The Hall–Kier alpha value is -1.88. The summed E-state index contributed by atoms with van der Waals surface area (Å²) in [4.78, 5) is 24.1. The summed E-state index contributed by atoms with van der Waals surface area (Å²) in [6.07, 6.45) is 4.63. The molecule has 1 aliphatic carbocycles. The Bertz CT molecular complexity index is 518. The molecule has 1 saturated carbocycles. The molecule has 1 aromatic rings. The monoisotopic (exact) mass is 287 g/mol. The van der Waals surface area contributed by atoms with Crippen LogP contribution in [-0.4, -0.2) is 29.9 Å². The third kappa shape index (κ3) is 3.42. The summed E-state index contributed by atoms with van der Waals surface area (Å²) in [6, 6.07) is 9.43. The summed E-state index contributed by atoms with van der Waals surface area (Å²) >= 11 is 0. The van der Waals surface area contributed by atoms with Crippen molar-refractivity contribution >= 4 is 17.5 Å². The van der Waals surface area contributed by atoms with Gasteiger partial charge in [-0.3, -0.25) is 9.59 Å². The lowest BCUT2D eigenvalue weighted by atomic mass is 9.87. The summed E-state index contributed by atoms with van der Waals surface area (Å²) in [5.74, 6) is -0.190. The van der Waals surface area contributed by atoms with Crippen LogP contribution in [0.5, 0.6) is 0 Å². The van der Waals surface area contributed by atoms with Gasteiger partial charge in [-0.1, -0.05) is 31.0 Å². The number of fused-ring (bicyclic) bond motifs is 1. The van der Waals surface area contributed by atoms with Crippen molar-refractivity contribution < 1.29 is 9.59 Å². The topological polar surface area (TPSA) is 70.2 Å². The lowest BCUT2D eigenvalue weighted by molar-refractivity contribution is -0.129. The second kappa shape index (κ2) is 6.26. The molecule has 0 unspecified atom stereocenters. The molecule has 3 atom stereocenters. The normalized spacial score (nSPS) is 28.4. The molecule has 0 radical (unpaired) electrons. The molecule has 1 aliphatic heterocycles. The van der Waals surface area contributed by atoms with Crippen LogP contribution in [0.4, 0.5) is 5.69 Å². The van der Waals surface area contributed by atoms with Crippen LogP contribution in [0.15, 0.2) is 30.3 Å². The quantitative estimate of drug-likeness (QED) is 0.787. The van der Waals surface area contributed by atoms with Gasteiger partial charge in [0, 0.05) is 17.8 Å². The van der Waals surface area contributed by atoms with Gasteiger partial charge < -0.3 is 16.0 Å². The summed E-state index contributed by atoms with van der Waals surface area (Å²) in [5.41, 5.74) is 0.759. The zero-order chi connectivity index (χ0) is 14.7. The lowest BCUT2D eigenvalue weighted by Gasteiger charge is -2.40. The molecular formula is C16H21N3O2. The van der Waals surface area contributed by atoms with Gasteiger partial charge in [0.05, 0.1) is 12.5 Å². The molecule has 21 heavy (non-hydrogen) atoms. The minimum absolute atomic E-state index is 0.0543. The minimum Gasteiger partial charge on any atom is -0.350 e. The van der Waals surface area contributed by atoms with E-state index in [1.54, 1.807) is 0 Å². The highest BCUT2D eigenvalue weighted by Gasteiger charge is 2.36. The second-order valence-electron chi connectivity index (χ2n) is 5.84. The first-order valence-corrected chi connectivity index (χ1v) is 7.64. The Morgan fingerprint density at radius 1 is 1.14 bits per heavy atom. The number of hydrogen-bond donors (Lipinski definition) is 3. The van der Waals surface area contributed by atoms with Gasteiger partial charge in [-0.25, -0.2) is 0 Å². The van der Waals surface area contributed by atoms with Crippen LogP contribution in [0.3, 0.4) is 0 Å². The standard InChI is InChI=1S/C16H21N3O2/c20-15(17-11-6-2-1-3-7-11)10-14-16(21)19-13-9-5-4-8-12(13)18-14/h1-3,6-7,12-14,18H,4-5,8-10H2,(H,17,20)(H,19,21)/t12-,13-,14+/m0/s1. The van der Waals surface area contributed by atoms with Gasteiger partial charge in [0.15, 0.2) is 0 Å². The van der Waals surface area contributed by atoms with Gasteiger partial charge >= 0.3 is 0 Å². The Labute approximate surface area is 124 Å². The minimum atomic E-state index is -0.423. The summed E-state index contributed by atoms with van der Waals surface area (Å²) < 4.78 is 0. The van der Waals surface area contributed by atoms with Gasteiger partial charge in [-0.15, -0.1) is 0 Å². The lowest BCUT2D eigenvalue weighted by Crippen LogP contribution is -2.65. The van der Waals surface area contributed by atoms with E-state index in [4.69, 9.17) is 0 Å². The summed E-state index contributed by atoms with van der Waals surface area (Å²) in [5, 5.41) is 9.23. The number of piperazine rings is 1. The molecule has 2 amide bonds. The fraction of sp³-hybridized carbons (Fsp3) is 0.500. The highest BCUT2D eigenvalue weighted by molar-refractivity contribution is 5.95. The summed E-state index contributed by atoms with van der Waals surface area (Å²) in [6.45, 7) is 0. The molecule has 1 heterocycles. The van der Waals surface area contributed by atoms with Crippen LogP contribution in [-0.2, 0) is 9.59 Å². The Balaban J connectivity index is 1.56. The smallest absolute Gasteiger partial charge is 0.237 e. The van der Waals surface area contributed by atoms with Gasteiger partial charge in [0.1, 0.15) is 0 Å². The molecule has 1 aromatic carbocycles. The van der Waals surface area contributed by atoms with E-state index in [9.17, 15) is 9.59 Å². The zero-order valence-electron chi connectivity index (χ0n) is 12.0. The number of benzene rings is 1. The van der Waals surface area contributed by atoms with Crippen LogP contribution in [0.2, 0.25) is 0 Å². The SMILES string of the molecule is O=C(C[C@H]1N[C@H]2CCCC[C@@H]2NC1=O)Nc1ccccc1. The summed E-state index contributed by atoms with van der Waals surface area (Å²) in [7, 11) is 0. The van der Waals surface area contributed by atoms with Crippen molar-refractivity contribution in [2.24, 2.45) is 0 Å². The molecule has 0 aromatic heterocycles. The predicted octanol–water partition coefficient (Wildman–Crippen LogP) is 1.41. The molecule has 5 heteroatoms. The molecule has 5 nitrogen and oxygen atoms in total. The highest BCUT2D eigenvalue weighted by atomic mass is 16.2. The van der Waals surface area contributed by atoms with Crippen molar-refractivity contribution in [3.8, 4) is 0 Å². The fourth-order valence-corrected chi connectivity index (χ4v) is 3.19. The molecule has 3 N–H and O–H groups in total. The van der Waals surface area contributed by atoms with E-state index < -0.39 is 6.04 Å². The maximum absolute atomic E-state index is 12.1. The third-order valence-electron chi connectivity index (χ3n) is 4.27.